The summed E-state index contributed by atoms with van der Waals surface area (Å²) >= 11 is 0. The van der Waals surface area contributed by atoms with Crippen LogP contribution in [0.5, 0.6) is 5.75 Å². The molecule has 0 saturated heterocycles. The Morgan fingerprint density at radius 2 is 1.59 bits per heavy atom. The fourth-order valence-corrected chi connectivity index (χ4v) is 4.57. The molecule has 0 saturated carbocycles. The normalized spacial score (nSPS) is 11.9. The molecule has 0 radical (unpaired) electrons. The van der Waals surface area contributed by atoms with Gasteiger partial charge in [0.15, 0.2) is 11.6 Å². The van der Waals surface area contributed by atoms with E-state index in [4.69, 9.17) is 10.5 Å². The van der Waals surface area contributed by atoms with Gasteiger partial charge >= 0.3 is 5.69 Å². The zero-order chi connectivity index (χ0) is 28.1. The van der Waals surface area contributed by atoms with Gasteiger partial charge in [-0.25, -0.2) is 18.0 Å². The topological polar surface area (TPSA) is 91.3 Å². The number of aromatic nitrogens is 2. The first kappa shape index (κ1) is 27.9. The summed E-state index contributed by atoms with van der Waals surface area (Å²) in [5.41, 5.74) is 4.43. The molecular formula is C29H29F3N4O3. The van der Waals surface area contributed by atoms with Crippen LogP contribution in [0.1, 0.15) is 22.9 Å². The first-order chi connectivity index (χ1) is 18.8. The van der Waals surface area contributed by atoms with E-state index in [1.54, 1.807) is 0 Å². The lowest BCUT2D eigenvalue weighted by Gasteiger charge is -2.23. The number of nitrogens with one attached hydrogen (secondary N) is 1. The lowest BCUT2D eigenvalue weighted by atomic mass is 10.0. The maximum Gasteiger partial charge on any atom is 0.331 e. The van der Waals surface area contributed by atoms with Crippen molar-refractivity contribution in [2.24, 2.45) is 5.73 Å². The molecule has 0 aliphatic rings. The van der Waals surface area contributed by atoms with Crippen molar-refractivity contribution in [1.29, 1.82) is 0 Å². The Labute approximate surface area is 223 Å². The van der Waals surface area contributed by atoms with Gasteiger partial charge in [-0.2, -0.15) is 0 Å². The van der Waals surface area contributed by atoms with E-state index in [1.165, 1.54) is 38.3 Å². The van der Waals surface area contributed by atoms with Gasteiger partial charge in [0.1, 0.15) is 11.6 Å². The van der Waals surface area contributed by atoms with E-state index in [1.807, 2.05) is 30.3 Å². The Morgan fingerprint density at radius 3 is 2.23 bits per heavy atom. The van der Waals surface area contributed by atoms with E-state index in [2.05, 4.69) is 5.32 Å². The molecule has 3 N–H and O–H groups in total. The van der Waals surface area contributed by atoms with Crippen molar-refractivity contribution >= 4 is 0 Å². The molecule has 7 nitrogen and oxygen atoms in total. The molecule has 0 unspecified atom stereocenters. The second-order valence-corrected chi connectivity index (χ2v) is 8.97. The highest BCUT2D eigenvalue weighted by Crippen LogP contribution is 2.29. The van der Waals surface area contributed by atoms with Gasteiger partial charge in [0.05, 0.1) is 31.8 Å². The Hall–Kier alpha value is -4.15. The summed E-state index contributed by atoms with van der Waals surface area (Å²) in [4.78, 5) is 27.7. The van der Waals surface area contributed by atoms with Gasteiger partial charge in [0.25, 0.3) is 5.56 Å². The Morgan fingerprint density at radius 1 is 0.923 bits per heavy atom. The monoisotopic (exact) mass is 538 g/mol. The van der Waals surface area contributed by atoms with Gasteiger partial charge in [0.2, 0.25) is 0 Å². The van der Waals surface area contributed by atoms with Gasteiger partial charge in [-0.1, -0.05) is 48.5 Å². The van der Waals surface area contributed by atoms with Crippen LogP contribution in [-0.4, -0.2) is 29.3 Å². The highest BCUT2D eigenvalue weighted by Gasteiger charge is 2.25. The van der Waals surface area contributed by atoms with E-state index in [-0.39, 0.29) is 34.7 Å². The number of halogens is 3. The molecule has 0 amide bonds. The third-order valence-corrected chi connectivity index (χ3v) is 6.62. The van der Waals surface area contributed by atoms with Crippen LogP contribution in [0.3, 0.4) is 0 Å². The second kappa shape index (κ2) is 12.1. The van der Waals surface area contributed by atoms with Crippen LogP contribution in [0, 0.1) is 24.4 Å². The number of ether oxygens (including phenoxy) is 1. The highest BCUT2D eigenvalue weighted by molar-refractivity contribution is 5.67. The summed E-state index contributed by atoms with van der Waals surface area (Å²) in [6.45, 7) is 1.51. The van der Waals surface area contributed by atoms with E-state index in [0.717, 1.165) is 26.8 Å². The van der Waals surface area contributed by atoms with Crippen LogP contribution in [-0.2, 0) is 13.1 Å². The zero-order valence-corrected chi connectivity index (χ0v) is 21.6. The Bertz CT molecular complexity index is 1570. The van der Waals surface area contributed by atoms with E-state index < -0.39 is 41.3 Å². The van der Waals surface area contributed by atoms with Crippen molar-refractivity contribution in [3.8, 4) is 16.9 Å². The maximum absolute atomic E-state index is 15.4. The maximum atomic E-state index is 15.4. The number of nitrogens with two attached hydrogens (primary N) is 1. The number of rotatable bonds is 10. The standard InChI is InChI=1S/C29H29F3N4O3/c1-18-26(20-10-6-13-25(39-2)27(20)32)28(37)36(17-24(34-15-14-33)19-8-4-3-5-9-19)29(38)35(18)16-21-22(30)11-7-12-23(21)31/h3-13,24,34H,14-17,33H2,1-2H3/t24-/m1/s1. The predicted molar refractivity (Wildman–Crippen MR) is 143 cm³/mol. The molecule has 0 aliphatic carbocycles. The van der Waals surface area contributed by atoms with Crippen LogP contribution < -0.4 is 27.0 Å². The van der Waals surface area contributed by atoms with Crippen LogP contribution in [0.4, 0.5) is 13.2 Å². The van der Waals surface area contributed by atoms with Crippen molar-refractivity contribution in [2.75, 3.05) is 20.2 Å². The lowest BCUT2D eigenvalue weighted by molar-refractivity contribution is 0.387. The van der Waals surface area contributed by atoms with E-state index in [0.29, 0.717) is 13.1 Å². The summed E-state index contributed by atoms with van der Waals surface area (Å²) in [7, 11) is 1.29. The summed E-state index contributed by atoms with van der Waals surface area (Å²) in [6, 6.07) is 16.3. The molecule has 1 atom stereocenters. The predicted octanol–water partition coefficient (Wildman–Crippen LogP) is 3.75. The number of hydrogen-bond donors (Lipinski definition) is 2. The number of nitrogens with zero attached hydrogens (tertiary/aromatic N) is 2. The van der Waals surface area contributed by atoms with Crippen molar-refractivity contribution in [3.05, 3.63) is 122 Å². The minimum absolute atomic E-state index is 0.0576. The molecule has 0 aliphatic heterocycles. The van der Waals surface area contributed by atoms with Crippen LogP contribution in [0.15, 0.2) is 76.3 Å². The average Bonchev–Trinajstić information content (AvgIpc) is 2.93. The molecule has 3 aromatic carbocycles. The minimum Gasteiger partial charge on any atom is -0.494 e. The quantitative estimate of drug-likeness (QED) is 0.321. The molecule has 39 heavy (non-hydrogen) atoms. The van der Waals surface area contributed by atoms with Crippen LogP contribution in [0.2, 0.25) is 0 Å². The van der Waals surface area contributed by atoms with E-state index >= 15 is 4.39 Å². The fraction of sp³-hybridized carbons (Fsp3) is 0.241. The molecule has 0 spiro atoms. The molecule has 204 valence electrons. The largest absolute Gasteiger partial charge is 0.494 e. The highest BCUT2D eigenvalue weighted by atomic mass is 19.1. The fourth-order valence-electron chi connectivity index (χ4n) is 4.57. The smallest absolute Gasteiger partial charge is 0.331 e. The minimum atomic E-state index is -0.847. The number of benzene rings is 3. The molecule has 10 heteroatoms. The molecule has 1 heterocycles. The van der Waals surface area contributed by atoms with Crippen LogP contribution in [0.25, 0.3) is 11.1 Å². The summed E-state index contributed by atoms with van der Waals surface area (Å²) < 4.78 is 51.8. The first-order valence-corrected chi connectivity index (χ1v) is 12.4. The van der Waals surface area contributed by atoms with Crippen LogP contribution >= 0.6 is 0 Å². The van der Waals surface area contributed by atoms with Gasteiger partial charge in [0, 0.05) is 29.9 Å². The van der Waals surface area contributed by atoms with Crippen molar-refractivity contribution in [3.63, 3.8) is 0 Å². The molecule has 1 aromatic heterocycles. The van der Waals surface area contributed by atoms with Gasteiger partial charge < -0.3 is 15.8 Å². The van der Waals surface area contributed by atoms with E-state index in [9.17, 15) is 18.4 Å². The second-order valence-electron chi connectivity index (χ2n) is 8.97. The average molecular weight is 539 g/mol. The number of methoxy groups -OCH3 is 1. The molecule has 4 aromatic rings. The first-order valence-electron chi connectivity index (χ1n) is 12.4. The Kier molecular flexibility index (Phi) is 8.68. The van der Waals surface area contributed by atoms with Crippen molar-refractivity contribution < 1.29 is 17.9 Å². The van der Waals surface area contributed by atoms with Gasteiger partial charge in [-0.15, -0.1) is 0 Å². The summed E-state index contributed by atoms with van der Waals surface area (Å²) in [5.74, 6) is -2.59. The lowest BCUT2D eigenvalue weighted by Crippen LogP contribution is -2.45. The number of hydrogen-bond acceptors (Lipinski definition) is 5. The molecule has 0 bridgehead atoms. The summed E-state index contributed by atoms with van der Waals surface area (Å²) in [6.07, 6.45) is 0. The Balaban J connectivity index is 1.98. The molecule has 4 rings (SSSR count). The summed E-state index contributed by atoms with van der Waals surface area (Å²) in [5, 5.41) is 3.23. The SMILES string of the molecule is COc1cccc(-c2c(C)n(Cc3c(F)cccc3F)c(=O)n(C[C@@H](NCCN)c3ccccc3)c2=O)c1F. The third-order valence-electron chi connectivity index (χ3n) is 6.62. The zero-order valence-electron chi connectivity index (χ0n) is 21.6. The van der Waals surface area contributed by atoms with Gasteiger partial charge in [-0.05, 0) is 30.7 Å². The molecular weight excluding hydrogens is 509 g/mol. The third kappa shape index (κ3) is 5.67. The van der Waals surface area contributed by atoms with Gasteiger partial charge in [-0.3, -0.25) is 13.9 Å². The molecule has 0 fully saturated rings. The van der Waals surface area contributed by atoms with Crippen molar-refractivity contribution in [2.45, 2.75) is 26.1 Å². The van der Waals surface area contributed by atoms with Crippen molar-refractivity contribution in [1.82, 2.24) is 14.5 Å².